The molecule has 8 heteroatoms. The standard InChI is InChI=1S/C17H24ClN3O4/c1-3-7-13(21-18)16(24)17(25)19-10-14(23)20-15(11(2)22)12-8-5-4-6-9-12/h4-6,8-9,13,15-16,21,24H,3,7,10H2,1-2H3,(H,19,25)(H,20,23). The van der Waals surface area contributed by atoms with Gasteiger partial charge in [0.25, 0.3) is 5.91 Å². The average molecular weight is 370 g/mol. The number of aliphatic hydroxyl groups excluding tert-OH is 1. The second-order valence-corrected chi connectivity index (χ2v) is 5.91. The van der Waals surface area contributed by atoms with Crippen molar-refractivity contribution < 1.29 is 19.5 Å². The summed E-state index contributed by atoms with van der Waals surface area (Å²) in [4.78, 5) is 38.0. The molecule has 0 bridgehead atoms. The molecular formula is C17H24ClN3O4. The van der Waals surface area contributed by atoms with Gasteiger partial charge in [-0.2, -0.15) is 0 Å². The molecule has 7 nitrogen and oxygen atoms in total. The first kappa shape index (κ1) is 21.1. The van der Waals surface area contributed by atoms with Gasteiger partial charge in [-0.25, -0.2) is 4.84 Å². The summed E-state index contributed by atoms with van der Waals surface area (Å²) in [7, 11) is 0. The van der Waals surface area contributed by atoms with Gasteiger partial charge in [0.2, 0.25) is 5.91 Å². The van der Waals surface area contributed by atoms with Gasteiger partial charge in [0.05, 0.1) is 12.6 Å². The van der Waals surface area contributed by atoms with E-state index in [1.165, 1.54) is 6.92 Å². The summed E-state index contributed by atoms with van der Waals surface area (Å²) in [6, 6.07) is 7.41. The quantitative estimate of drug-likeness (QED) is 0.457. The van der Waals surface area contributed by atoms with E-state index < -0.39 is 30.0 Å². The summed E-state index contributed by atoms with van der Waals surface area (Å²) in [5.41, 5.74) is 0.657. The molecule has 0 heterocycles. The van der Waals surface area contributed by atoms with Gasteiger partial charge in [-0.15, -0.1) is 0 Å². The lowest BCUT2D eigenvalue weighted by atomic mass is 10.0. The van der Waals surface area contributed by atoms with Gasteiger partial charge in [-0.1, -0.05) is 43.7 Å². The molecule has 0 aromatic heterocycles. The van der Waals surface area contributed by atoms with E-state index in [2.05, 4.69) is 15.5 Å². The summed E-state index contributed by atoms with van der Waals surface area (Å²) < 4.78 is 0. The van der Waals surface area contributed by atoms with E-state index in [-0.39, 0.29) is 12.3 Å². The fraction of sp³-hybridized carbons (Fsp3) is 0.471. The van der Waals surface area contributed by atoms with Gasteiger partial charge >= 0.3 is 0 Å². The van der Waals surface area contributed by atoms with Crippen molar-refractivity contribution in [1.29, 1.82) is 0 Å². The average Bonchev–Trinajstić information content (AvgIpc) is 2.62. The fourth-order valence-corrected chi connectivity index (χ4v) is 2.54. The van der Waals surface area contributed by atoms with Crippen molar-refractivity contribution >= 4 is 29.4 Å². The number of halogens is 1. The normalized spacial score (nSPS) is 14.2. The molecule has 0 aliphatic carbocycles. The number of amides is 2. The second-order valence-electron chi connectivity index (χ2n) is 5.69. The molecule has 1 aromatic carbocycles. The first-order chi connectivity index (χ1) is 11.9. The molecule has 4 N–H and O–H groups in total. The van der Waals surface area contributed by atoms with Gasteiger partial charge in [0, 0.05) is 0 Å². The highest BCUT2D eigenvalue weighted by Gasteiger charge is 2.25. The van der Waals surface area contributed by atoms with Crippen LogP contribution < -0.4 is 15.5 Å². The van der Waals surface area contributed by atoms with Gasteiger partial charge in [-0.3, -0.25) is 14.4 Å². The van der Waals surface area contributed by atoms with Gasteiger partial charge in [-0.05, 0) is 30.7 Å². The summed E-state index contributed by atoms with van der Waals surface area (Å²) in [5, 5.41) is 14.8. The molecule has 1 rings (SSSR count). The summed E-state index contributed by atoms with van der Waals surface area (Å²) in [6.45, 7) is 2.92. The molecule has 138 valence electrons. The van der Waals surface area contributed by atoms with E-state index in [1.807, 2.05) is 13.0 Å². The van der Waals surface area contributed by atoms with Crippen LogP contribution in [0, 0.1) is 0 Å². The third-order valence-electron chi connectivity index (χ3n) is 3.66. The van der Waals surface area contributed by atoms with Crippen LogP contribution in [0.4, 0.5) is 0 Å². The van der Waals surface area contributed by atoms with Crippen molar-refractivity contribution in [2.75, 3.05) is 6.54 Å². The Kier molecular flexibility index (Phi) is 9.12. The molecule has 0 saturated heterocycles. The summed E-state index contributed by atoms with van der Waals surface area (Å²) >= 11 is 5.51. The summed E-state index contributed by atoms with van der Waals surface area (Å²) in [6.07, 6.45) is -0.139. The predicted molar refractivity (Wildman–Crippen MR) is 94.7 cm³/mol. The minimum atomic E-state index is -1.37. The molecule has 25 heavy (non-hydrogen) atoms. The van der Waals surface area contributed by atoms with Crippen LogP contribution in [0.2, 0.25) is 0 Å². The number of hydrogen-bond acceptors (Lipinski definition) is 5. The number of nitrogens with one attached hydrogen (secondary N) is 3. The highest BCUT2D eigenvalue weighted by Crippen LogP contribution is 2.13. The third-order valence-corrected chi connectivity index (χ3v) is 3.94. The monoisotopic (exact) mass is 369 g/mol. The zero-order chi connectivity index (χ0) is 18.8. The molecule has 1 aromatic rings. The van der Waals surface area contributed by atoms with Crippen LogP contribution in [0.3, 0.4) is 0 Å². The molecular weight excluding hydrogens is 346 g/mol. The molecule has 0 saturated carbocycles. The van der Waals surface area contributed by atoms with E-state index in [0.29, 0.717) is 12.0 Å². The lowest BCUT2D eigenvalue weighted by Crippen LogP contribution is -2.49. The van der Waals surface area contributed by atoms with Gasteiger partial charge in [0.15, 0.2) is 5.78 Å². The number of Topliss-reactive ketones (excluding diaryl/α,β-unsaturated/α-hetero) is 1. The maximum atomic E-state index is 12.0. The maximum Gasteiger partial charge on any atom is 0.250 e. The molecule has 2 amide bonds. The molecule has 3 atom stereocenters. The molecule has 0 fully saturated rings. The molecule has 0 spiro atoms. The fourth-order valence-electron chi connectivity index (χ4n) is 2.31. The first-order valence-corrected chi connectivity index (χ1v) is 8.45. The van der Waals surface area contributed by atoms with Crippen LogP contribution in [0.25, 0.3) is 0 Å². The minimum Gasteiger partial charge on any atom is -0.382 e. The van der Waals surface area contributed by atoms with E-state index >= 15 is 0 Å². The second kappa shape index (κ2) is 10.8. The zero-order valence-electron chi connectivity index (χ0n) is 14.3. The Bertz CT molecular complexity index is 583. The van der Waals surface area contributed by atoms with Crippen molar-refractivity contribution in [3.63, 3.8) is 0 Å². The Hall–Kier alpha value is -1.96. The smallest absolute Gasteiger partial charge is 0.250 e. The number of benzene rings is 1. The third kappa shape index (κ3) is 6.81. The van der Waals surface area contributed by atoms with Crippen LogP contribution in [-0.4, -0.2) is 41.4 Å². The Morgan fingerprint density at radius 2 is 1.84 bits per heavy atom. The van der Waals surface area contributed by atoms with Crippen molar-refractivity contribution in [1.82, 2.24) is 15.5 Å². The van der Waals surface area contributed by atoms with E-state index in [4.69, 9.17) is 11.8 Å². The maximum absolute atomic E-state index is 12.0. The Morgan fingerprint density at radius 1 is 1.20 bits per heavy atom. The van der Waals surface area contributed by atoms with Crippen molar-refractivity contribution in [3.05, 3.63) is 35.9 Å². The Balaban J connectivity index is 2.58. The lowest BCUT2D eigenvalue weighted by molar-refractivity contribution is -0.133. The molecule has 0 radical (unpaired) electrons. The lowest BCUT2D eigenvalue weighted by Gasteiger charge is -2.20. The highest BCUT2D eigenvalue weighted by atomic mass is 35.5. The van der Waals surface area contributed by atoms with Crippen LogP contribution in [-0.2, 0) is 14.4 Å². The van der Waals surface area contributed by atoms with Crippen LogP contribution >= 0.6 is 11.8 Å². The van der Waals surface area contributed by atoms with Gasteiger partial charge < -0.3 is 15.7 Å². The van der Waals surface area contributed by atoms with Crippen molar-refractivity contribution in [2.45, 2.75) is 44.9 Å². The van der Waals surface area contributed by atoms with Crippen molar-refractivity contribution in [3.8, 4) is 0 Å². The topological polar surface area (TPSA) is 108 Å². The largest absolute Gasteiger partial charge is 0.382 e. The van der Waals surface area contributed by atoms with E-state index in [0.717, 1.165) is 6.42 Å². The molecule has 3 unspecified atom stereocenters. The Morgan fingerprint density at radius 3 is 2.36 bits per heavy atom. The number of aliphatic hydroxyl groups is 1. The Labute approximate surface area is 152 Å². The number of rotatable bonds is 10. The SMILES string of the molecule is CCCC(NCl)C(O)C(=O)NCC(=O)NC(C(C)=O)c1ccccc1. The van der Waals surface area contributed by atoms with E-state index in [9.17, 15) is 19.5 Å². The molecule has 0 aliphatic rings. The predicted octanol–water partition coefficient (Wildman–Crippen LogP) is 0.822. The number of carbonyl (C=O) groups excluding carboxylic acids is 3. The van der Waals surface area contributed by atoms with E-state index in [1.54, 1.807) is 24.3 Å². The first-order valence-electron chi connectivity index (χ1n) is 8.07. The molecule has 0 aliphatic heterocycles. The minimum absolute atomic E-state index is 0.222. The number of ketones is 1. The van der Waals surface area contributed by atoms with Crippen LogP contribution in [0.15, 0.2) is 30.3 Å². The number of hydrogen-bond donors (Lipinski definition) is 4. The van der Waals surface area contributed by atoms with Crippen LogP contribution in [0.5, 0.6) is 0 Å². The number of carbonyl (C=O) groups is 3. The van der Waals surface area contributed by atoms with Crippen molar-refractivity contribution in [2.24, 2.45) is 0 Å². The van der Waals surface area contributed by atoms with Gasteiger partial charge in [0.1, 0.15) is 12.1 Å². The zero-order valence-corrected chi connectivity index (χ0v) is 15.0. The summed E-state index contributed by atoms with van der Waals surface area (Å²) in [5.74, 6) is -1.46. The highest BCUT2D eigenvalue weighted by molar-refractivity contribution is 6.13. The van der Waals surface area contributed by atoms with Crippen LogP contribution in [0.1, 0.15) is 38.3 Å².